The van der Waals surface area contributed by atoms with Crippen LogP contribution in [0.25, 0.3) is 0 Å². The molecule has 0 aromatic carbocycles. The molecule has 3 nitrogen and oxygen atoms in total. The third-order valence-corrected chi connectivity index (χ3v) is 4.79. The zero-order valence-corrected chi connectivity index (χ0v) is 11.3. The molecule has 2 heterocycles. The largest absolute Gasteiger partial charge is 0.372 e. The van der Waals surface area contributed by atoms with Crippen LogP contribution in [0, 0.1) is 0 Å². The van der Waals surface area contributed by atoms with Gasteiger partial charge in [-0.15, -0.1) is 0 Å². The summed E-state index contributed by atoms with van der Waals surface area (Å²) in [6.45, 7) is 2.12. The topological polar surface area (TPSA) is 24.5 Å². The van der Waals surface area contributed by atoms with Gasteiger partial charge >= 0.3 is 0 Å². The first kappa shape index (κ1) is 12.7. The van der Waals surface area contributed by atoms with Crippen molar-refractivity contribution in [3.63, 3.8) is 0 Å². The Morgan fingerprint density at radius 2 is 2.12 bits per heavy atom. The van der Waals surface area contributed by atoms with Crippen LogP contribution in [0.4, 0.5) is 0 Å². The van der Waals surface area contributed by atoms with Gasteiger partial charge in [0.25, 0.3) is 0 Å². The van der Waals surface area contributed by atoms with Gasteiger partial charge in [-0.3, -0.25) is 4.90 Å². The number of nitrogens with one attached hydrogen (secondary N) is 1. The van der Waals surface area contributed by atoms with Crippen LogP contribution in [0.15, 0.2) is 0 Å². The minimum absolute atomic E-state index is 0.446. The summed E-state index contributed by atoms with van der Waals surface area (Å²) < 4.78 is 6.02. The Labute approximate surface area is 103 Å². The van der Waals surface area contributed by atoms with Crippen LogP contribution in [0.2, 0.25) is 0 Å². The fourth-order valence-corrected chi connectivity index (χ4v) is 3.93. The molecule has 3 unspecified atom stereocenters. The molecule has 0 bridgehead atoms. The van der Waals surface area contributed by atoms with Crippen LogP contribution in [0.3, 0.4) is 0 Å². The molecular weight excluding hydrogens is 220 g/mol. The van der Waals surface area contributed by atoms with Crippen LogP contribution < -0.4 is 5.32 Å². The molecular formula is C12H24N2OS. The first-order valence-corrected chi connectivity index (χ1v) is 7.53. The van der Waals surface area contributed by atoms with E-state index in [2.05, 4.69) is 29.0 Å². The molecule has 2 rings (SSSR count). The smallest absolute Gasteiger partial charge is 0.0707 e. The van der Waals surface area contributed by atoms with E-state index in [-0.39, 0.29) is 0 Å². The van der Waals surface area contributed by atoms with Gasteiger partial charge in [0.15, 0.2) is 0 Å². The van der Waals surface area contributed by atoms with Gasteiger partial charge in [0.05, 0.1) is 12.2 Å². The second kappa shape index (κ2) is 6.24. The molecule has 4 heteroatoms. The van der Waals surface area contributed by atoms with Crippen LogP contribution in [0.1, 0.15) is 19.3 Å². The average Bonchev–Trinajstić information content (AvgIpc) is 2.89. The van der Waals surface area contributed by atoms with Crippen molar-refractivity contribution in [3.8, 4) is 0 Å². The van der Waals surface area contributed by atoms with Crippen LogP contribution in [0.5, 0.6) is 0 Å². The van der Waals surface area contributed by atoms with Crippen LogP contribution in [-0.4, -0.2) is 61.8 Å². The summed E-state index contributed by atoms with van der Waals surface area (Å²) >= 11 is 2.08. The van der Waals surface area contributed by atoms with E-state index in [9.17, 15) is 0 Å². The predicted octanol–water partition coefficient (Wildman–Crippen LogP) is 1.19. The van der Waals surface area contributed by atoms with Gasteiger partial charge in [0.1, 0.15) is 0 Å². The molecule has 1 N–H and O–H groups in total. The van der Waals surface area contributed by atoms with Crippen molar-refractivity contribution in [2.24, 2.45) is 0 Å². The van der Waals surface area contributed by atoms with Crippen molar-refractivity contribution in [3.05, 3.63) is 0 Å². The number of hydrogen-bond acceptors (Lipinski definition) is 4. The zero-order valence-electron chi connectivity index (χ0n) is 10.4. The Morgan fingerprint density at radius 1 is 1.31 bits per heavy atom. The van der Waals surface area contributed by atoms with Gasteiger partial charge in [-0.05, 0) is 39.1 Å². The van der Waals surface area contributed by atoms with Gasteiger partial charge < -0.3 is 10.1 Å². The number of thioether (sulfide) groups is 1. The molecule has 3 atom stereocenters. The minimum Gasteiger partial charge on any atom is -0.372 e. The predicted molar refractivity (Wildman–Crippen MR) is 70.2 cm³/mol. The molecule has 2 fully saturated rings. The van der Waals surface area contributed by atoms with E-state index < -0.39 is 0 Å². The summed E-state index contributed by atoms with van der Waals surface area (Å²) in [4.78, 5) is 2.51. The van der Waals surface area contributed by atoms with Gasteiger partial charge in [-0.2, -0.15) is 11.8 Å². The Balaban J connectivity index is 1.69. The lowest BCUT2D eigenvalue weighted by molar-refractivity contribution is 0.0232. The third-order valence-electron chi connectivity index (χ3n) is 3.65. The summed E-state index contributed by atoms with van der Waals surface area (Å²) in [5.74, 6) is 2.64. The lowest BCUT2D eigenvalue weighted by Crippen LogP contribution is -2.38. The summed E-state index contributed by atoms with van der Waals surface area (Å²) in [5.41, 5.74) is 0. The minimum atomic E-state index is 0.446. The lowest BCUT2D eigenvalue weighted by Gasteiger charge is -2.26. The number of likely N-dealkylation sites (N-methyl/N-ethyl adjacent to an activating group) is 2. The molecule has 2 aliphatic rings. The molecule has 0 aromatic rings. The van der Waals surface area contributed by atoms with E-state index in [0.29, 0.717) is 12.2 Å². The van der Waals surface area contributed by atoms with Gasteiger partial charge in [0, 0.05) is 24.9 Å². The molecule has 2 aliphatic heterocycles. The van der Waals surface area contributed by atoms with E-state index in [1.54, 1.807) is 0 Å². The van der Waals surface area contributed by atoms with Gasteiger partial charge in [0.2, 0.25) is 0 Å². The summed E-state index contributed by atoms with van der Waals surface area (Å²) in [6, 6.07) is 0.789. The molecule has 0 amide bonds. The summed E-state index contributed by atoms with van der Waals surface area (Å²) in [5, 5.41) is 3.20. The van der Waals surface area contributed by atoms with Crippen molar-refractivity contribution < 1.29 is 4.74 Å². The first-order valence-electron chi connectivity index (χ1n) is 6.37. The quantitative estimate of drug-likeness (QED) is 0.785. The Hall–Kier alpha value is 0.230. The first-order chi connectivity index (χ1) is 7.79. The van der Waals surface area contributed by atoms with Crippen LogP contribution >= 0.6 is 11.8 Å². The maximum atomic E-state index is 6.02. The third kappa shape index (κ3) is 3.36. The average molecular weight is 244 g/mol. The fraction of sp³-hybridized carbons (Fsp3) is 1.00. The molecule has 0 radical (unpaired) electrons. The van der Waals surface area contributed by atoms with Crippen molar-refractivity contribution in [2.75, 3.05) is 38.7 Å². The Kier molecular flexibility index (Phi) is 4.95. The van der Waals surface area contributed by atoms with E-state index in [0.717, 1.165) is 19.1 Å². The number of ether oxygens (including phenoxy) is 1. The van der Waals surface area contributed by atoms with Crippen molar-refractivity contribution >= 4 is 11.8 Å². The highest BCUT2D eigenvalue weighted by molar-refractivity contribution is 7.99. The standard InChI is InChI=1S/C12H24N2OS/c1-13-7-11-3-4-12(15-11)8-14(2)10-5-6-16-9-10/h10-13H,3-9H2,1-2H3. The highest BCUT2D eigenvalue weighted by atomic mass is 32.2. The molecule has 2 saturated heterocycles. The van der Waals surface area contributed by atoms with Gasteiger partial charge in [-0.1, -0.05) is 0 Å². The highest BCUT2D eigenvalue weighted by Gasteiger charge is 2.28. The Morgan fingerprint density at radius 3 is 2.81 bits per heavy atom. The highest BCUT2D eigenvalue weighted by Crippen LogP contribution is 2.24. The van der Waals surface area contributed by atoms with E-state index >= 15 is 0 Å². The fourth-order valence-electron chi connectivity index (χ4n) is 2.63. The monoisotopic (exact) mass is 244 g/mol. The maximum absolute atomic E-state index is 6.02. The van der Waals surface area contributed by atoms with Crippen molar-refractivity contribution in [1.29, 1.82) is 0 Å². The lowest BCUT2D eigenvalue weighted by atomic mass is 10.1. The van der Waals surface area contributed by atoms with Gasteiger partial charge in [-0.25, -0.2) is 0 Å². The molecule has 94 valence electrons. The van der Waals surface area contributed by atoms with Crippen LogP contribution in [-0.2, 0) is 4.74 Å². The van der Waals surface area contributed by atoms with E-state index in [4.69, 9.17) is 4.74 Å². The second-order valence-electron chi connectivity index (χ2n) is 4.97. The normalized spacial score (nSPS) is 35.1. The molecule has 0 spiro atoms. The maximum Gasteiger partial charge on any atom is 0.0707 e. The number of nitrogens with zero attached hydrogens (tertiary/aromatic N) is 1. The van der Waals surface area contributed by atoms with Crippen molar-refractivity contribution in [2.45, 2.75) is 37.5 Å². The second-order valence-corrected chi connectivity index (χ2v) is 6.12. The number of rotatable bonds is 5. The number of hydrogen-bond donors (Lipinski definition) is 1. The zero-order chi connectivity index (χ0) is 11.4. The SMILES string of the molecule is CNCC1CCC(CN(C)C2CCSC2)O1. The molecule has 0 aliphatic carbocycles. The van der Waals surface area contributed by atoms with E-state index in [1.165, 1.54) is 30.8 Å². The van der Waals surface area contributed by atoms with E-state index in [1.807, 2.05) is 7.05 Å². The Bertz CT molecular complexity index is 209. The molecule has 16 heavy (non-hydrogen) atoms. The molecule has 0 aromatic heterocycles. The summed E-state index contributed by atoms with van der Waals surface area (Å²) in [6.07, 6.45) is 4.72. The van der Waals surface area contributed by atoms with Crippen molar-refractivity contribution in [1.82, 2.24) is 10.2 Å². The summed E-state index contributed by atoms with van der Waals surface area (Å²) in [7, 11) is 4.25. The molecule has 0 saturated carbocycles.